The van der Waals surface area contributed by atoms with Crippen molar-refractivity contribution in [2.24, 2.45) is 5.92 Å². The minimum absolute atomic E-state index is 0.0536. The Bertz CT molecular complexity index is 953. The molecule has 2 aromatic rings. The van der Waals surface area contributed by atoms with Crippen molar-refractivity contribution in [2.75, 3.05) is 11.9 Å². The molecule has 7 heteroatoms. The summed E-state index contributed by atoms with van der Waals surface area (Å²) >= 11 is 0. The van der Waals surface area contributed by atoms with Crippen molar-refractivity contribution < 1.29 is 14.4 Å². The first-order chi connectivity index (χ1) is 13.9. The third kappa shape index (κ3) is 3.90. The second-order valence-electron chi connectivity index (χ2n) is 8.25. The summed E-state index contributed by atoms with van der Waals surface area (Å²) in [5, 5.41) is 10.7. The molecule has 0 radical (unpaired) electrons. The molecular weight excluding hydrogens is 368 g/mol. The van der Waals surface area contributed by atoms with Gasteiger partial charge < -0.3 is 20.9 Å². The fourth-order valence-corrected chi connectivity index (χ4v) is 4.27. The van der Waals surface area contributed by atoms with E-state index in [9.17, 15) is 14.4 Å². The topological polar surface area (TPSA) is 90.5 Å². The van der Waals surface area contributed by atoms with Gasteiger partial charge in [-0.05, 0) is 30.2 Å². The maximum absolute atomic E-state index is 12.7. The third-order valence-electron chi connectivity index (χ3n) is 5.58. The number of rotatable bonds is 4. The van der Waals surface area contributed by atoms with E-state index in [4.69, 9.17) is 0 Å². The van der Waals surface area contributed by atoms with Crippen molar-refractivity contribution in [1.82, 2.24) is 15.5 Å². The summed E-state index contributed by atoms with van der Waals surface area (Å²) in [5.41, 5.74) is 0.724. The average molecular weight is 394 g/mol. The standard InChI is InChI=1S/C22H26N4O3/c1-13(2)10-18-21(28)26-12-15(11-19(26)20(27)24-18)23-22(29)25-17-9-5-7-14-6-3-4-8-16(14)17/h3-9,13,15,18-19H,10-12H2,1-2H3,(H,24,27)(H2,23,25,29)/t15-,18-,19-/m0/s1. The Labute approximate surface area is 169 Å². The highest BCUT2D eigenvalue weighted by molar-refractivity contribution is 6.02. The van der Waals surface area contributed by atoms with Crippen LogP contribution >= 0.6 is 0 Å². The average Bonchev–Trinajstić information content (AvgIpc) is 3.10. The lowest BCUT2D eigenvalue weighted by Crippen LogP contribution is -2.61. The number of urea groups is 1. The summed E-state index contributed by atoms with van der Waals surface area (Å²) in [6, 6.07) is 12.0. The quantitative estimate of drug-likeness (QED) is 0.744. The summed E-state index contributed by atoms with van der Waals surface area (Å²) in [6.07, 6.45) is 1.04. The van der Waals surface area contributed by atoms with E-state index in [-0.39, 0.29) is 23.9 Å². The maximum atomic E-state index is 12.7. The van der Waals surface area contributed by atoms with Crippen LogP contribution in [0.3, 0.4) is 0 Å². The van der Waals surface area contributed by atoms with Crippen LogP contribution in [0.1, 0.15) is 26.7 Å². The molecule has 2 heterocycles. The molecular formula is C22H26N4O3. The van der Waals surface area contributed by atoms with Crippen LogP contribution in [-0.2, 0) is 9.59 Å². The molecule has 3 atom stereocenters. The molecule has 0 spiro atoms. The summed E-state index contributed by atoms with van der Waals surface area (Å²) in [7, 11) is 0. The van der Waals surface area contributed by atoms with Crippen LogP contribution in [-0.4, -0.2) is 47.4 Å². The normalized spacial score (nSPS) is 23.8. The molecule has 0 saturated carbocycles. The minimum atomic E-state index is -0.506. The lowest BCUT2D eigenvalue weighted by atomic mass is 9.99. The second kappa shape index (κ2) is 7.73. The first kappa shape index (κ1) is 19.2. The van der Waals surface area contributed by atoms with Crippen molar-refractivity contribution in [3.63, 3.8) is 0 Å². The number of piperazine rings is 1. The number of nitrogens with zero attached hydrogens (tertiary/aromatic N) is 1. The van der Waals surface area contributed by atoms with E-state index in [0.717, 1.165) is 16.5 Å². The molecule has 2 aromatic carbocycles. The first-order valence-electron chi connectivity index (χ1n) is 10.1. The first-order valence-corrected chi connectivity index (χ1v) is 10.1. The number of anilines is 1. The lowest BCUT2D eigenvalue weighted by Gasteiger charge is -2.35. The van der Waals surface area contributed by atoms with Gasteiger partial charge in [0.1, 0.15) is 12.1 Å². The number of carbonyl (C=O) groups excluding carboxylic acids is 3. The van der Waals surface area contributed by atoms with Crippen molar-refractivity contribution in [3.05, 3.63) is 42.5 Å². The number of hydrogen-bond donors (Lipinski definition) is 3. The highest BCUT2D eigenvalue weighted by Gasteiger charge is 2.46. The van der Waals surface area contributed by atoms with Gasteiger partial charge in [-0.25, -0.2) is 4.79 Å². The Hall–Kier alpha value is -3.09. The van der Waals surface area contributed by atoms with Gasteiger partial charge in [0, 0.05) is 11.9 Å². The van der Waals surface area contributed by atoms with Crippen LogP contribution in [0.2, 0.25) is 0 Å². The molecule has 29 heavy (non-hydrogen) atoms. The van der Waals surface area contributed by atoms with Crippen molar-refractivity contribution >= 4 is 34.3 Å². The van der Waals surface area contributed by atoms with Crippen LogP contribution in [0.15, 0.2) is 42.5 Å². The van der Waals surface area contributed by atoms with Crippen LogP contribution in [0.25, 0.3) is 10.8 Å². The maximum Gasteiger partial charge on any atom is 0.319 e. The molecule has 4 rings (SSSR count). The largest absolute Gasteiger partial charge is 0.342 e. The molecule has 2 fully saturated rings. The molecule has 4 amide bonds. The van der Waals surface area contributed by atoms with E-state index >= 15 is 0 Å². The summed E-state index contributed by atoms with van der Waals surface area (Å²) in [5.74, 6) is 0.125. The molecule has 0 unspecified atom stereocenters. The zero-order valence-corrected chi connectivity index (χ0v) is 16.6. The molecule has 0 bridgehead atoms. The molecule has 3 N–H and O–H groups in total. The Kier molecular flexibility index (Phi) is 5.13. The van der Waals surface area contributed by atoms with Gasteiger partial charge in [0.15, 0.2) is 0 Å². The van der Waals surface area contributed by atoms with E-state index in [1.54, 1.807) is 4.90 Å². The van der Waals surface area contributed by atoms with Gasteiger partial charge >= 0.3 is 6.03 Å². The van der Waals surface area contributed by atoms with E-state index in [1.807, 2.05) is 56.3 Å². The number of fused-ring (bicyclic) bond motifs is 2. The van der Waals surface area contributed by atoms with Gasteiger partial charge in [0.05, 0.1) is 11.7 Å². The molecule has 0 aliphatic carbocycles. The Morgan fingerprint density at radius 1 is 1.17 bits per heavy atom. The monoisotopic (exact) mass is 394 g/mol. The van der Waals surface area contributed by atoms with Gasteiger partial charge in [-0.3, -0.25) is 9.59 Å². The fraction of sp³-hybridized carbons (Fsp3) is 0.409. The van der Waals surface area contributed by atoms with Crippen molar-refractivity contribution in [1.29, 1.82) is 0 Å². The fourth-order valence-electron chi connectivity index (χ4n) is 4.27. The van der Waals surface area contributed by atoms with Gasteiger partial charge in [0.2, 0.25) is 11.8 Å². The van der Waals surface area contributed by atoms with Crippen molar-refractivity contribution in [2.45, 2.75) is 44.8 Å². The van der Waals surface area contributed by atoms with E-state index in [0.29, 0.717) is 25.3 Å². The van der Waals surface area contributed by atoms with E-state index in [1.165, 1.54) is 0 Å². The molecule has 0 aromatic heterocycles. The highest BCUT2D eigenvalue weighted by Crippen LogP contribution is 2.26. The van der Waals surface area contributed by atoms with Crippen LogP contribution < -0.4 is 16.0 Å². The predicted octanol–water partition coefficient (Wildman–Crippen LogP) is 2.48. The molecule has 2 saturated heterocycles. The van der Waals surface area contributed by atoms with Crippen molar-refractivity contribution in [3.8, 4) is 0 Å². The van der Waals surface area contributed by atoms with Gasteiger partial charge in [0.25, 0.3) is 0 Å². The number of nitrogens with one attached hydrogen (secondary N) is 3. The molecule has 152 valence electrons. The summed E-state index contributed by atoms with van der Waals surface area (Å²) < 4.78 is 0. The van der Waals surface area contributed by atoms with Crippen LogP contribution in [0.4, 0.5) is 10.5 Å². The number of amides is 4. The zero-order valence-electron chi connectivity index (χ0n) is 16.6. The zero-order chi connectivity index (χ0) is 20.5. The third-order valence-corrected chi connectivity index (χ3v) is 5.58. The minimum Gasteiger partial charge on any atom is -0.342 e. The van der Waals surface area contributed by atoms with Gasteiger partial charge in [-0.2, -0.15) is 0 Å². The van der Waals surface area contributed by atoms with Gasteiger partial charge in [-0.1, -0.05) is 50.2 Å². The van der Waals surface area contributed by atoms with E-state index in [2.05, 4.69) is 16.0 Å². The Balaban J connectivity index is 1.41. The molecule has 2 aliphatic heterocycles. The molecule has 2 aliphatic rings. The highest BCUT2D eigenvalue weighted by atomic mass is 16.2. The number of benzene rings is 2. The Morgan fingerprint density at radius 3 is 2.72 bits per heavy atom. The Morgan fingerprint density at radius 2 is 1.93 bits per heavy atom. The lowest BCUT2D eigenvalue weighted by molar-refractivity contribution is -0.147. The smallest absolute Gasteiger partial charge is 0.319 e. The SMILES string of the molecule is CC(C)C[C@@H]1NC(=O)[C@@H]2C[C@H](NC(=O)Nc3cccc4ccccc34)CN2C1=O. The van der Waals surface area contributed by atoms with Crippen LogP contribution in [0.5, 0.6) is 0 Å². The summed E-state index contributed by atoms with van der Waals surface area (Å²) in [6.45, 7) is 4.41. The second-order valence-corrected chi connectivity index (χ2v) is 8.25. The molecule has 7 nitrogen and oxygen atoms in total. The van der Waals surface area contributed by atoms with Crippen LogP contribution in [0, 0.1) is 5.92 Å². The van der Waals surface area contributed by atoms with E-state index < -0.39 is 12.1 Å². The number of carbonyl (C=O) groups is 3. The summed E-state index contributed by atoms with van der Waals surface area (Å²) in [4.78, 5) is 39.4. The number of hydrogen-bond acceptors (Lipinski definition) is 3. The van der Waals surface area contributed by atoms with Gasteiger partial charge in [-0.15, -0.1) is 0 Å². The predicted molar refractivity (Wildman–Crippen MR) is 111 cm³/mol.